The summed E-state index contributed by atoms with van der Waals surface area (Å²) in [7, 11) is 0. The van der Waals surface area contributed by atoms with Gasteiger partial charge < -0.3 is 14.5 Å². The monoisotopic (exact) mass is 203 g/mol. The van der Waals surface area contributed by atoms with Gasteiger partial charge in [-0.15, -0.1) is 0 Å². The largest absolute Gasteiger partial charge is 0.447 e. The predicted molar refractivity (Wildman–Crippen MR) is 52.4 cm³/mol. The molecule has 0 saturated carbocycles. The SMILES string of the molecule is O=C1NC(c2cnc3ccccn23)CO1. The van der Waals surface area contributed by atoms with Crippen molar-refractivity contribution in [2.45, 2.75) is 6.04 Å². The molecule has 3 heterocycles. The zero-order valence-electron chi connectivity index (χ0n) is 7.88. The van der Waals surface area contributed by atoms with Gasteiger partial charge >= 0.3 is 6.09 Å². The fourth-order valence-electron chi connectivity index (χ4n) is 1.75. The number of ether oxygens (including phenoxy) is 1. The second-order valence-corrected chi connectivity index (χ2v) is 3.41. The summed E-state index contributed by atoms with van der Waals surface area (Å²) in [6.07, 6.45) is 3.31. The van der Waals surface area contributed by atoms with Crippen LogP contribution in [0.5, 0.6) is 0 Å². The third kappa shape index (κ3) is 1.24. The Balaban J connectivity index is 2.07. The molecule has 1 amide bonds. The van der Waals surface area contributed by atoms with Gasteiger partial charge in [0.2, 0.25) is 0 Å². The first kappa shape index (κ1) is 8.28. The van der Waals surface area contributed by atoms with Crippen LogP contribution >= 0.6 is 0 Å². The zero-order valence-corrected chi connectivity index (χ0v) is 7.88. The Kier molecular flexibility index (Phi) is 1.65. The predicted octanol–water partition coefficient (Wildman–Crippen LogP) is 1.12. The number of rotatable bonds is 1. The minimum Gasteiger partial charge on any atom is -0.447 e. The molecule has 15 heavy (non-hydrogen) atoms. The second kappa shape index (κ2) is 2.98. The van der Waals surface area contributed by atoms with E-state index in [1.165, 1.54) is 0 Å². The number of alkyl carbamates (subject to hydrolysis) is 1. The molecule has 0 spiro atoms. The standard InChI is InChI=1S/C10H9N3O2/c14-10-12-7(6-15-10)8-5-11-9-3-1-2-4-13(8)9/h1-5,7H,6H2,(H,12,14). The number of nitrogens with zero attached hydrogens (tertiary/aromatic N) is 2. The van der Waals surface area contributed by atoms with E-state index in [0.717, 1.165) is 11.3 Å². The maximum Gasteiger partial charge on any atom is 0.407 e. The maximum absolute atomic E-state index is 10.9. The molecule has 1 atom stereocenters. The molecule has 1 aliphatic heterocycles. The molecule has 3 rings (SSSR count). The van der Waals surface area contributed by atoms with Crippen molar-refractivity contribution in [3.63, 3.8) is 0 Å². The molecular formula is C10H9N3O2. The van der Waals surface area contributed by atoms with Crippen LogP contribution in [0.15, 0.2) is 30.6 Å². The summed E-state index contributed by atoms with van der Waals surface area (Å²) in [5, 5.41) is 2.73. The van der Waals surface area contributed by atoms with Crippen LogP contribution in [0.3, 0.4) is 0 Å². The highest BCUT2D eigenvalue weighted by Gasteiger charge is 2.26. The van der Waals surface area contributed by atoms with Crippen molar-refractivity contribution in [3.8, 4) is 0 Å². The van der Waals surface area contributed by atoms with Gasteiger partial charge in [-0.2, -0.15) is 0 Å². The smallest absolute Gasteiger partial charge is 0.407 e. The highest BCUT2D eigenvalue weighted by Crippen LogP contribution is 2.18. The van der Waals surface area contributed by atoms with Gasteiger partial charge in [0.1, 0.15) is 18.3 Å². The first-order valence-electron chi connectivity index (χ1n) is 4.70. The average Bonchev–Trinajstić information content (AvgIpc) is 2.83. The Labute approximate surface area is 85.7 Å². The maximum atomic E-state index is 10.9. The number of pyridine rings is 1. The lowest BCUT2D eigenvalue weighted by molar-refractivity contribution is 0.177. The molecule has 1 N–H and O–H groups in total. The van der Waals surface area contributed by atoms with Crippen LogP contribution in [0.4, 0.5) is 4.79 Å². The van der Waals surface area contributed by atoms with Crippen LogP contribution in [0.2, 0.25) is 0 Å². The molecule has 1 aliphatic rings. The van der Waals surface area contributed by atoms with Crippen LogP contribution in [-0.4, -0.2) is 22.1 Å². The van der Waals surface area contributed by atoms with Crippen LogP contribution in [-0.2, 0) is 4.74 Å². The van der Waals surface area contributed by atoms with Crippen molar-refractivity contribution in [3.05, 3.63) is 36.3 Å². The first-order valence-corrected chi connectivity index (χ1v) is 4.70. The molecule has 2 aromatic heterocycles. The lowest BCUT2D eigenvalue weighted by Gasteiger charge is -2.06. The lowest BCUT2D eigenvalue weighted by atomic mass is 10.2. The first-order chi connectivity index (χ1) is 7.34. The molecule has 0 aromatic carbocycles. The summed E-state index contributed by atoms with van der Waals surface area (Å²) in [4.78, 5) is 15.2. The van der Waals surface area contributed by atoms with Gasteiger partial charge in [0.25, 0.3) is 0 Å². The number of aromatic nitrogens is 2. The Bertz CT molecular complexity index is 520. The molecule has 76 valence electrons. The molecular weight excluding hydrogens is 194 g/mol. The van der Waals surface area contributed by atoms with Gasteiger partial charge in [0, 0.05) is 6.20 Å². The number of amides is 1. The van der Waals surface area contributed by atoms with Gasteiger partial charge in [-0.1, -0.05) is 6.07 Å². The Morgan fingerprint density at radius 3 is 3.27 bits per heavy atom. The molecule has 0 aliphatic carbocycles. The van der Waals surface area contributed by atoms with Crippen molar-refractivity contribution in [1.29, 1.82) is 0 Å². The molecule has 1 unspecified atom stereocenters. The molecule has 1 fully saturated rings. The molecule has 5 nitrogen and oxygen atoms in total. The van der Waals surface area contributed by atoms with E-state index in [9.17, 15) is 4.79 Å². The Hall–Kier alpha value is -2.04. The van der Waals surface area contributed by atoms with Gasteiger partial charge in [0.15, 0.2) is 0 Å². The lowest BCUT2D eigenvalue weighted by Crippen LogP contribution is -2.19. The molecule has 5 heteroatoms. The van der Waals surface area contributed by atoms with E-state index < -0.39 is 0 Å². The van der Waals surface area contributed by atoms with Crippen molar-refractivity contribution in [1.82, 2.24) is 14.7 Å². The summed E-state index contributed by atoms with van der Waals surface area (Å²) in [5.74, 6) is 0. The molecule has 1 saturated heterocycles. The number of fused-ring (bicyclic) bond motifs is 1. The number of hydrogen-bond donors (Lipinski definition) is 1. The van der Waals surface area contributed by atoms with E-state index in [0.29, 0.717) is 6.61 Å². The van der Waals surface area contributed by atoms with E-state index in [-0.39, 0.29) is 12.1 Å². The summed E-state index contributed by atoms with van der Waals surface area (Å²) in [5.41, 5.74) is 1.81. The Morgan fingerprint density at radius 1 is 1.53 bits per heavy atom. The second-order valence-electron chi connectivity index (χ2n) is 3.41. The van der Waals surface area contributed by atoms with E-state index in [2.05, 4.69) is 10.3 Å². The number of nitrogens with one attached hydrogen (secondary N) is 1. The number of carbonyl (C=O) groups is 1. The highest BCUT2D eigenvalue weighted by atomic mass is 16.6. The van der Waals surface area contributed by atoms with E-state index >= 15 is 0 Å². The number of carbonyl (C=O) groups excluding carboxylic acids is 1. The third-order valence-electron chi connectivity index (χ3n) is 2.48. The average molecular weight is 203 g/mol. The van der Waals surface area contributed by atoms with Crippen molar-refractivity contribution >= 4 is 11.7 Å². The van der Waals surface area contributed by atoms with E-state index in [1.807, 2.05) is 28.8 Å². The summed E-state index contributed by atoms with van der Waals surface area (Å²) < 4.78 is 6.79. The fourth-order valence-corrected chi connectivity index (χ4v) is 1.75. The highest BCUT2D eigenvalue weighted by molar-refractivity contribution is 5.70. The summed E-state index contributed by atoms with van der Waals surface area (Å²) in [6.45, 7) is 0.363. The number of cyclic esters (lactones) is 1. The van der Waals surface area contributed by atoms with Crippen LogP contribution in [0.1, 0.15) is 11.7 Å². The minimum atomic E-state index is -0.370. The van der Waals surface area contributed by atoms with Crippen molar-refractivity contribution < 1.29 is 9.53 Å². The van der Waals surface area contributed by atoms with Crippen molar-refractivity contribution in [2.24, 2.45) is 0 Å². The molecule has 0 bridgehead atoms. The quantitative estimate of drug-likeness (QED) is 0.755. The van der Waals surface area contributed by atoms with Crippen LogP contribution in [0.25, 0.3) is 5.65 Å². The minimum absolute atomic E-state index is 0.102. The summed E-state index contributed by atoms with van der Waals surface area (Å²) >= 11 is 0. The van der Waals surface area contributed by atoms with Crippen LogP contribution in [0, 0.1) is 0 Å². The Morgan fingerprint density at radius 2 is 2.47 bits per heavy atom. The van der Waals surface area contributed by atoms with Crippen LogP contribution < -0.4 is 5.32 Å². The topological polar surface area (TPSA) is 55.6 Å². The zero-order chi connectivity index (χ0) is 10.3. The number of hydrogen-bond acceptors (Lipinski definition) is 3. The fraction of sp³-hybridized carbons (Fsp3) is 0.200. The number of imidazole rings is 1. The van der Waals surface area contributed by atoms with Gasteiger partial charge in [-0.25, -0.2) is 9.78 Å². The third-order valence-corrected chi connectivity index (χ3v) is 2.48. The van der Waals surface area contributed by atoms with Crippen molar-refractivity contribution in [2.75, 3.05) is 6.61 Å². The molecule has 2 aromatic rings. The van der Waals surface area contributed by atoms with E-state index in [4.69, 9.17) is 4.74 Å². The van der Waals surface area contributed by atoms with Gasteiger partial charge in [0.05, 0.1) is 11.9 Å². The van der Waals surface area contributed by atoms with Gasteiger partial charge in [-0.05, 0) is 12.1 Å². The normalized spacial score (nSPS) is 20.3. The van der Waals surface area contributed by atoms with Gasteiger partial charge in [-0.3, -0.25) is 0 Å². The molecule has 0 radical (unpaired) electrons. The van der Waals surface area contributed by atoms with E-state index in [1.54, 1.807) is 6.20 Å². The summed E-state index contributed by atoms with van der Waals surface area (Å²) in [6, 6.07) is 5.67.